The van der Waals surface area contributed by atoms with Crippen molar-refractivity contribution >= 4 is 16.1 Å². The number of carbonyl (C=O) groups excluding carboxylic acids is 1. The molecule has 0 bridgehead atoms. The van der Waals surface area contributed by atoms with Crippen LogP contribution in [0.2, 0.25) is 0 Å². The summed E-state index contributed by atoms with van der Waals surface area (Å²) in [5.41, 5.74) is 0. The fraction of sp³-hybridized carbons (Fsp3) is 0.947. The average molecular weight is 405 g/mol. The van der Waals surface area contributed by atoms with Gasteiger partial charge in [-0.25, -0.2) is 0 Å². The Labute approximate surface area is 164 Å². The number of carbonyl (C=O) groups is 1. The maximum Gasteiger partial charge on any atom is 0.329 e. The molecule has 2 aliphatic heterocycles. The number of hydroxylamine groups is 1. The summed E-state index contributed by atoms with van der Waals surface area (Å²) in [5, 5.41) is 10.1. The van der Waals surface area contributed by atoms with Gasteiger partial charge in [-0.15, -0.1) is 0 Å². The molecule has 2 saturated heterocycles. The Morgan fingerprint density at radius 3 is 2.26 bits per heavy atom. The molecule has 0 aromatic rings. The van der Waals surface area contributed by atoms with Crippen LogP contribution < -0.4 is 0 Å². The third-order valence-electron chi connectivity index (χ3n) is 5.84. The average Bonchev–Trinajstić information content (AvgIpc) is 2.70. The minimum atomic E-state index is -4.14. The van der Waals surface area contributed by atoms with Crippen LogP contribution in [0.25, 0.3) is 0 Å². The quantitative estimate of drug-likeness (QED) is 0.343. The van der Waals surface area contributed by atoms with Crippen LogP contribution >= 0.6 is 0 Å². The van der Waals surface area contributed by atoms with Gasteiger partial charge in [0.05, 0.1) is 0 Å². The molecule has 2 rings (SSSR count). The van der Waals surface area contributed by atoms with Crippen molar-refractivity contribution in [2.45, 2.75) is 77.6 Å². The van der Waals surface area contributed by atoms with Crippen molar-refractivity contribution in [3.8, 4) is 0 Å². The number of ether oxygens (including phenoxy) is 1. The molecule has 8 heteroatoms. The maximum absolute atomic E-state index is 12.6. The van der Waals surface area contributed by atoms with Gasteiger partial charge in [-0.3, -0.25) is 10.0 Å². The van der Waals surface area contributed by atoms with Gasteiger partial charge in [0.15, 0.2) is 0 Å². The number of unbranched alkanes of at least 4 members (excludes halogenated alkanes) is 5. The minimum Gasteiger partial charge on any atom is -0.381 e. The Morgan fingerprint density at radius 1 is 1.04 bits per heavy atom. The third kappa shape index (κ3) is 6.69. The lowest BCUT2D eigenvalue weighted by Gasteiger charge is -2.33. The number of nitrogens with zero attached hydrogens (tertiary/aromatic N) is 2. The number of amides is 1. The maximum atomic E-state index is 12.6. The van der Waals surface area contributed by atoms with Crippen molar-refractivity contribution in [3.63, 3.8) is 0 Å². The monoisotopic (exact) mass is 404 g/mol. The van der Waals surface area contributed by atoms with E-state index in [1.54, 1.807) is 0 Å². The SMILES string of the molecule is CCCCCCCCC1CCN(S(=O)(=O)N(O)C(=O)C2CCOCC2)CC1. The molecule has 0 aromatic carbocycles. The summed E-state index contributed by atoms with van der Waals surface area (Å²) in [6.45, 7) is 3.82. The molecule has 0 atom stereocenters. The summed E-state index contributed by atoms with van der Waals surface area (Å²) in [5.74, 6) is -0.669. The molecule has 7 nitrogen and oxygen atoms in total. The summed E-state index contributed by atoms with van der Waals surface area (Å²) < 4.78 is 31.6. The van der Waals surface area contributed by atoms with Gasteiger partial charge < -0.3 is 4.74 Å². The predicted octanol–water partition coefficient (Wildman–Crippen LogP) is 3.34. The van der Waals surface area contributed by atoms with Gasteiger partial charge in [0.2, 0.25) is 0 Å². The van der Waals surface area contributed by atoms with E-state index in [0.717, 1.165) is 19.3 Å². The largest absolute Gasteiger partial charge is 0.381 e. The van der Waals surface area contributed by atoms with Gasteiger partial charge in [-0.05, 0) is 31.6 Å². The summed E-state index contributed by atoms with van der Waals surface area (Å²) >= 11 is 0. The molecule has 1 amide bonds. The van der Waals surface area contributed by atoms with Gasteiger partial charge in [0.25, 0.3) is 5.91 Å². The van der Waals surface area contributed by atoms with Gasteiger partial charge >= 0.3 is 10.2 Å². The van der Waals surface area contributed by atoms with E-state index in [2.05, 4.69) is 6.92 Å². The van der Waals surface area contributed by atoms with E-state index >= 15 is 0 Å². The summed E-state index contributed by atoms with van der Waals surface area (Å²) in [7, 11) is -4.14. The second-order valence-electron chi connectivity index (χ2n) is 7.87. The van der Waals surface area contributed by atoms with Gasteiger partial charge in [0, 0.05) is 32.2 Å². The zero-order chi connectivity index (χ0) is 19.7. The number of piperidine rings is 1. The Kier molecular flexibility index (Phi) is 9.48. The predicted molar refractivity (Wildman–Crippen MR) is 103 cm³/mol. The second kappa shape index (κ2) is 11.3. The topological polar surface area (TPSA) is 87.2 Å². The van der Waals surface area contributed by atoms with E-state index in [-0.39, 0.29) is 4.47 Å². The highest BCUT2D eigenvalue weighted by Crippen LogP contribution is 2.27. The van der Waals surface area contributed by atoms with Crippen molar-refractivity contribution < 1.29 is 23.2 Å². The fourth-order valence-corrected chi connectivity index (χ4v) is 5.23. The van der Waals surface area contributed by atoms with Gasteiger partial charge in [-0.2, -0.15) is 12.7 Å². The highest BCUT2D eigenvalue weighted by molar-refractivity contribution is 7.87. The molecule has 2 heterocycles. The van der Waals surface area contributed by atoms with E-state index in [9.17, 15) is 18.4 Å². The third-order valence-corrected chi connectivity index (χ3v) is 7.48. The zero-order valence-corrected chi connectivity index (χ0v) is 17.5. The van der Waals surface area contributed by atoms with E-state index < -0.39 is 22.0 Å². The Hall–Kier alpha value is -0.700. The normalized spacial score (nSPS) is 20.7. The Balaban J connectivity index is 1.74. The molecule has 0 spiro atoms. The van der Waals surface area contributed by atoms with Gasteiger partial charge in [0.1, 0.15) is 0 Å². The second-order valence-corrected chi connectivity index (χ2v) is 9.63. The van der Waals surface area contributed by atoms with Crippen LogP contribution in [0.3, 0.4) is 0 Å². The first-order chi connectivity index (χ1) is 13.0. The van der Waals surface area contributed by atoms with Crippen LogP contribution in [0.5, 0.6) is 0 Å². The molecule has 0 unspecified atom stereocenters. The zero-order valence-electron chi connectivity index (χ0n) is 16.6. The van der Waals surface area contributed by atoms with Crippen LogP contribution in [0.15, 0.2) is 0 Å². The highest BCUT2D eigenvalue weighted by atomic mass is 32.2. The highest BCUT2D eigenvalue weighted by Gasteiger charge is 2.38. The lowest BCUT2D eigenvalue weighted by molar-refractivity contribution is -0.154. The molecule has 0 saturated carbocycles. The van der Waals surface area contributed by atoms with Crippen LogP contribution in [-0.2, 0) is 19.7 Å². The molecule has 2 aliphatic rings. The molecular weight excluding hydrogens is 368 g/mol. The molecule has 0 aliphatic carbocycles. The molecule has 0 aromatic heterocycles. The standard InChI is InChI=1S/C19H36N2O5S/c1-2-3-4-5-6-7-8-17-9-13-20(14-10-17)27(24,25)21(23)19(22)18-11-15-26-16-12-18/h17-18,23H,2-16H2,1H3. The minimum absolute atomic E-state index is 0.0168. The lowest BCUT2D eigenvalue weighted by Crippen LogP contribution is -2.50. The van der Waals surface area contributed by atoms with Crippen LogP contribution in [0, 0.1) is 11.8 Å². The van der Waals surface area contributed by atoms with Crippen molar-refractivity contribution in [2.24, 2.45) is 11.8 Å². The summed E-state index contributed by atoms with van der Waals surface area (Å²) in [6.07, 6.45) is 11.3. The summed E-state index contributed by atoms with van der Waals surface area (Å²) in [4.78, 5) is 12.3. The molecule has 1 N–H and O–H groups in total. The van der Waals surface area contributed by atoms with E-state index in [0.29, 0.717) is 45.1 Å². The van der Waals surface area contributed by atoms with Crippen LogP contribution in [0.1, 0.15) is 77.6 Å². The number of hydrogen-bond acceptors (Lipinski definition) is 5. The first kappa shape index (κ1) is 22.6. The lowest BCUT2D eigenvalue weighted by atomic mass is 9.92. The Morgan fingerprint density at radius 2 is 1.63 bits per heavy atom. The van der Waals surface area contributed by atoms with E-state index in [1.165, 1.54) is 42.8 Å². The van der Waals surface area contributed by atoms with Crippen LogP contribution in [0.4, 0.5) is 0 Å². The molecule has 158 valence electrons. The Bertz CT molecular complexity index is 540. The van der Waals surface area contributed by atoms with Crippen molar-refractivity contribution in [1.82, 2.24) is 8.77 Å². The molecule has 0 radical (unpaired) electrons. The first-order valence-corrected chi connectivity index (χ1v) is 12.0. The number of rotatable bonds is 10. The van der Waals surface area contributed by atoms with E-state index in [1.807, 2.05) is 0 Å². The first-order valence-electron chi connectivity index (χ1n) is 10.6. The number of hydrogen-bond donors (Lipinski definition) is 1. The molecule has 2 fully saturated rings. The van der Waals surface area contributed by atoms with E-state index in [4.69, 9.17) is 4.74 Å². The summed E-state index contributed by atoms with van der Waals surface area (Å²) in [6, 6.07) is 0. The molecular formula is C19H36N2O5S. The van der Waals surface area contributed by atoms with Crippen molar-refractivity contribution in [3.05, 3.63) is 0 Å². The van der Waals surface area contributed by atoms with Gasteiger partial charge in [-0.1, -0.05) is 56.3 Å². The molecule has 27 heavy (non-hydrogen) atoms. The van der Waals surface area contributed by atoms with Crippen molar-refractivity contribution in [1.29, 1.82) is 0 Å². The van der Waals surface area contributed by atoms with Crippen LogP contribution in [-0.4, -0.2) is 54.6 Å². The fourth-order valence-electron chi connectivity index (χ4n) is 3.97. The van der Waals surface area contributed by atoms with Crippen molar-refractivity contribution in [2.75, 3.05) is 26.3 Å². The smallest absolute Gasteiger partial charge is 0.329 e.